The lowest BCUT2D eigenvalue weighted by molar-refractivity contribution is -0.140. The first-order chi connectivity index (χ1) is 22.3. The number of benzene rings is 4. The van der Waals surface area contributed by atoms with Gasteiger partial charge >= 0.3 is 0 Å². The molecule has 0 unspecified atom stereocenters. The molecule has 0 aliphatic carbocycles. The maximum Gasteiger partial charge on any atom is 0.264 e. The summed E-state index contributed by atoms with van der Waals surface area (Å²) in [7, 11) is -4.26. The minimum Gasteiger partial charge on any atom is -0.354 e. The van der Waals surface area contributed by atoms with Gasteiger partial charge in [-0.25, -0.2) is 8.42 Å². The van der Waals surface area contributed by atoms with Crippen LogP contribution in [0.4, 0.5) is 5.69 Å². The summed E-state index contributed by atoms with van der Waals surface area (Å²) in [4.78, 5) is 29.9. The van der Waals surface area contributed by atoms with E-state index in [1.807, 2.05) is 51.1 Å². The average molecular weight is 715 g/mol. The second-order valence-electron chi connectivity index (χ2n) is 11.9. The maximum atomic E-state index is 14.6. The zero-order valence-corrected chi connectivity index (χ0v) is 29.8. The van der Waals surface area contributed by atoms with Crippen LogP contribution in [0.25, 0.3) is 0 Å². The van der Waals surface area contributed by atoms with E-state index in [2.05, 4.69) is 5.32 Å². The Morgan fingerprint density at radius 1 is 0.830 bits per heavy atom. The molecule has 1 N–H and O–H groups in total. The third-order valence-corrected chi connectivity index (χ3v) is 10.4. The molecule has 0 bridgehead atoms. The molecule has 0 radical (unpaired) electrons. The van der Waals surface area contributed by atoms with E-state index in [1.165, 1.54) is 23.1 Å². The average Bonchev–Trinajstić information content (AvgIpc) is 3.03. The lowest BCUT2D eigenvalue weighted by Crippen LogP contribution is -2.53. The highest BCUT2D eigenvalue weighted by atomic mass is 35.5. The van der Waals surface area contributed by atoms with Gasteiger partial charge in [-0.1, -0.05) is 109 Å². The van der Waals surface area contributed by atoms with Gasteiger partial charge in [-0.3, -0.25) is 13.9 Å². The number of hydrogen-bond acceptors (Lipinski definition) is 4. The molecule has 4 rings (SSSR count). The fourth-order valence-corrected chi connectivity index (χ4v) is 6.96. The van der Waals surface area contributed by atoms with Crippen molar-refractivity contribution in [3.8, 4) is 0 Å². The highest BCUT2D eigenvalue weighted by molar-refractivity contribution is 7.92. The number of nitrogens with zero attached hydrogens (tertiary/aromatic N) is 2. The van der Waals surface area contributed by atoms with E-state index in [0.29, 0.717) is 27.2 Å². The number of amides is 2. The Morgan fingerprint density at radius 3 is 2.13 bits per heavy atom. The van der Waals surface area contributed by atoms with Crippen LogP contribution in [0.15, 0.2) is 95.9 Å². The van der Waals surface area contributed by atoms with Crippen molar-refractivity contribution < 1.29 is 18.0 Å². The van der Waals surface area contributed by atoms with Crippen molar-refractivity contribution in [1.82, 2.24) is 10.2 Å². The van der Waals surface area contributed by atoms with E-state index in [0.717, 1.165) is 21.0 Å². The van der Waals surface area contributed by atoms with Gasteiger partial charge in [-0.05, 0) is 72.9 Å². The van der Waals surface area contributed by atoms with Crippen molar-refractivity contribution >= 4 is 62.3 Å². The van der Waals surface area contributed by atoms with Crippen LogP contribution in [-0.2, 0) is 32.6 Å². The van der Waals surface area contributed by atoms with Crippen molar-refractivity contribution in [3.63, 3.8) is 0 Å². The standard InChI is InChI=1S/C36H38Cl3N3O4S/c1-24(2)21-40-36(44)34(18-27-8-6-5-7-9-27)41(22-28-13-14-29(37)19-33(28)39)35(43)23-42(30-15-12-26(4)32(38)20-30)47(45,46)31-16-10-25(3)11-17-31/h5-17,19-20,24,34H,18,21-23H2,1-4H3,(H,40,44)/t34-/m1/s1. The first-order valence-electron chi connectivity index (χ1n) is 15.2. The Labute approximate surface area is 292 Å². The van der Waals surface area contributed by atoms with E-state index in [9.17, 15) is 18.0 Å². The first kappa shape index (κ1) is 36.3. The molecule has 11 heteroatoms. The van der Waals surface area contributed by atoms with E-state index in [-0.39, 0.29) is 35.4 Å². The molecule has 1 atom stereocenters. The summed E-state index contributed by atoms with van der Waals surface area (Å²) in [5.41, 5.74) is 3.21. The highest BCUT2D eigenvalue weighted by Crippen LogP contribution is 2.30. The Kier molecular flexibility index (Phi) is 12.4. The van der Waals surface area contributed by atoms with Gasteiger partial charge in [0.1, 0.15) is 12.6 Å². The molecule has 4 aromatic carbocycles. The van der Waals surface area contributed by atoms with Crippen molar-refractivity contribution in [3.05, 3.63) is 128 Å². The van der Waals surface area contributed by atoms with Gasteiger partial charge in [0.25, 0.3) is 10.0 Å². The Balaban J connectivity index is 1.84. The normalized spacial score (nSPS) is 12.1. The number of halogens is 3. The second kappa shape index (κ2) is 16.0. The van der Waals surface area contributed by atoms with E-state index < -0.39 is 28.5 Å². The summed E-state index contributed by atoms with van der Waals surface area (Å²) < 4.78 is 29.5. The number of carbonyl (C=O) groups excluding carboxylic acids is 2. The number of nitrogens with one attached hydrogen (secondary N) is 1. The van der Waals surface area contributed by atoms with Crippen LogP contribution in [-0.4, -0.2) is 44.3 Å². The van der Waals surface area contributed by atoms with E-state index >= 15 is 0 Å². The molecule has 47 heavy (non-hydrogen) atoms. The lowest BCUT2D eigenvalue weighted by Gasteiger charge is -2.34. The summed E-state index contributed by atoms with van der Waals surface area (Å²) in [6.07, 6.45) is 0.183. The van der Waals surface area contributed by atoms with Crippen molar-refractivity contribution in [2.24, 2.45) is 5.92 Å². The molecule has 7 nitrogen and oxygen atoms in total. The molecule has 0 fully saturated rings. The van der Waals surface area contributed by atoms with Gasteiger partial charge in [-0.2, -0.15) is 0 Å². The largest absolute Gasteiger partial charge is 0.354 e. The smallest absolute Gasteiger partial charge is 0.264 e. The van der Waals surface area contributed by atoms with E-state index in [1.54, 1.807) is 49.4 Å². The zero-order chi connectivity index (χ0) is 34.3. The molecule has 0 saturated carbocycles. The molecule has 0 aliphatic heterocycles. The highest BCUT2D eigenvalue weighted by Gasteiger charge is 2.35. The van der Waals surface area contributed by atoms with Crippen LogP contribution < -0.4 is 9.62 Å². The molecule has 0 spiro atoms. The van der Waals surface area contributed by atoms with Crippen LogP contribution in [0, 0.1) is 19.8 Å². The number of aryl methyl sites for hydroxylation is 2. The SMILES string of the molecule is Cc1ccc(S(=O)(=O)N(CC(=O)N(Cc2ccc(Cl)cc2Cl)[C@H](Cc2ccccc2)C(=O)NCC(C)C)c2ccc(C)c(Cl)c2)cc1. The predicted octanol–water partition coefficient (Wildman–Crippen LogP) is 7.87. The summed E-state index contributed by atoms with van der Waals surface area (Å²) in [6.45, 7) is 7.32. The minimum atomic E-state index is -4.26. The van der Waals surface area contributed by atoms with Crippen LogP contribution in [0.5, 0.6) is 0 Å². The number of carbonyl (C=O) groups is 2. The Hall–Kier alpha value is -3.56. The molecule has 2 amide bonds. The molecule has 248 valence electrons. The summed E-state index contributed by atoms with van der Waals surface area (Å²) in [6, 6.07) is 24.5. The minimum absolute atomic E-state index is 0.00963. The van der Waals surface area contributed by atoms with Crippen LogP contribution >= 0.6 is 34.8 Å². The lowest BCUT2D eigenvalue weighted by atomic mass is 10.0. The van der Waals surface area contributed by atoms with Crippen molar-refractivity contribution in [1.29, 1.82) is 0 Å². The topological polar surface area (TPSA) is 86.8 Å². The monoisotopic (exact) mass is 713 g/mol. The number of rotatable bonds is 13. The van der Waals surface area contributed by atoms with Crippen molar-refractivity contribution in [2.75, 3.05) is 17.4 Å². The van der Waals surface area contributed by atoms with Crippen LogP contribution in [0.1, 0.15) is 36.1 Å². The molecular formula is C36H38Cl3N3O4S. The zero-order valence-electron chi connectivity index (χ0n) is 26.7. The van der Waals surface area contributed by atoms with Gasteiger partial charge in [-0.15, -0.1) is 0 Å². The second-order valence-corrected chi connectivity index (χ2v) is 15.0. The molecule has 0 aromatic heterocycles. The fourth-order valence-electron chi connectivity index (χ4n) is 4.91. The quantitative estimate of drug-likeness (QED) is 0.153. The van der Waals surface area contributed by atoms with Crippen LogP contribution in [0.3, 0.4) is 0 Å². The summed E-state index contributed by atoms with van der Waals surface area (Å²) in [5, 5.41) is 4.04. The van der Waals surface area contributed by atoms with Crippen molar-refractivity contribution in [2.45, 2.75) is 51.6 Å². The van der Waals surface area contributed by atoms with Gasteiger partial charge in [0.2, 0.25) is 11.8 Å². The number of sulfonamides is 1. The van der Waals surface area contributed by atoms with Gasteiger partial charge in [0.05, 0.1) is 10.6 Å². The third-order valence-electron chi connectivity index (χ3n) is 7.64. The molecule has 0 heterocycles. The third kappa shape index (κ3) is 9.51. The van der Waals surface area contributed by atoms with Gasteiger partial charge in [0.15, 0.2) is 0 Å². The van der Waals surface area contributed by atoms with Gasteiger partial charge < -0.3 is 10.2 Å². The summed E-state index contributed by atoms with van der Waals surface area (Å²) in [5.74, 6) is -0.816. The predicted molar refractivity (Wildman–Crippen MR) is 191 cm³/mol. The molecule has 0 saturated heterocycles. The number of hydrogen-bond donors (Lipinski definition) is 1. The Bertz CT molecular complexity index is 1820. The fraction of sp³-hybridized carbons (Fsp3) is 0.278. The first-order valence-corrected chi connectivity index (χ1v) is 17.7. The molecule has 4 aromatic rings. The molecular weight excluding hydrogens is 677 g/mol. The number of anilines is 1. The van der Waals surface area contributed by atoms with E-state index in [4.69, 9.17) is 34.8 Å². The Morgan fingerprint density at radius 2 is 1.51 bits per heavy atom. The molecule has 0 aliphatic rings. The maximum absolute atomic E-state index is 14.6. The van der Waals surface area contributed by atoms with Crippen LogP contribution in [0.2, 0.25) is 15.1 Å². The summed E-state index contributed by atoms with van der Waals surface area (Å²) >= 11 is 19.2. The van der Waals surface area contributed by atoms with Gasteiger partial charge in [0, 0.05) is 34.6 Å².